The quantitative estimate of drug-likeness (QED) is 0.766. The molecule has 1 aliphatic heterocycles. The zero-order chi connectivity index (χ0) is 9.97. The van der Waals surface area contributed by atoms with Gasteiger partial charge in [-0.05, 0) is 25.1 Å². The van der Waals surface area contributed by atoms with E-state index in [0.717, 1.165) is 24.2 Å². The van der Waals surface area contributed by atoms with Crippen LogP contribution in [0, 0.1) is 0 Å². The number of morpholine rings is 1. The van der Waals surface area contributed by atoms with Gasteiger partial charge in [-0.15, -0.1) is 0 Å². The molecule has 1 aromatic rings. The Morgan fingerprint density at radius 2 is 2.36 bits per heavy atom. The third-order valence-electron chi connectivity index (χ3n) is 2.41. The standard InChI is InChI=1S/C11H14BrNO/c1-9-8-13(5-6-14-9)11-4-2-3-10(12)7-11/h2-4,7,9H,5-6,8H2,1H3/t9-/m0/s1. The number of hydrogen-bond acceptors (Lipinski definition) is 2. The second kappa shape index (κ2) is 4.32. The molecule has 1 heterocycles. The van der Waals surface area contributed by atoms with Crippen LogP contribution >= 0.6 is 15.9 Å². The van der Waals surface area contributed by atoms with Gasteiger partial charge in [-0.2, -0.15) is 0 Å². The summed E-state index contributed by atoms with van der Waals surface area (Å²) in [5.74, 6) is 0. The predicted octanol–water partition coefficient (Wildman–Crippen LogP) is 2.67. The first-order valence-corrected chi connectivity index (χ1v) is 5.67. The average molecular weight is 256 g/mol. The van der Waals surface area contributed by atoms with Gasteiger partial charge in [-0.3, -0.25) is 0 Å². The van der Waals surface area contributed by atoms with Crippen LogP contribution in [0.2, 0.25) is 0 Å². The molecule has 0 radical (unpaired) electrons. The molecule has 0 aromatic heterocycles. The van der Waals surface area contributed by atoms with Crippen LogP contribution in [0.25, 0.3) is 0 Å². The molecule has 3 heteroatoms. The molecule has 0 unspecified atom stereocenters. The van der Waals surface area contributed by atoms with Crippen molar-refractivity contribution in [2.45, 2.75) is 13.0 Å². The van der Waals surface area contributed by atoms with Gasteiger partial charge in [0.15, 0.2) is 0 Å². The van der Waals surface area contributed by atoms with E-state index in [2.05, 4.69) is 46.0 Å². The molecule has 0 amide bonds. The monoisotopic (exact) mass is 255 g/mol. The Bertz CT molecular complexity index is 316. The maximum atomic E-state index is 5.51. The molecule has 2 nitrogen and oxygen atoms in total. The Labute approximate surface area is 93.0 Å². The van der Waals surface area contributed by atoms with Crippen molar-refractivity contribution in [1.29, 1.82) is 0 Å². The van der Waals surface area contributed by atoms with Crippen LogP contribution in [0.1, 0.15) is 6.92 Å². The summed E-state index contributed by atoms with van der Waals surface area (Å²) in [4.78, 5) is 2.36. The van der Waals surface area contributed by atoms with Gasteiger partial charge in [0.25, 0.3) is 0 Å². The van der Waals surface area contributed by atoms with Gasteiger partial charge < -0.3 is 9.64 Å². The summed E-state index contributed by atoms with van der Waals surface area (Å²) in [6, 6.07) is 8.41. The van der Waals surface area contributed by atoms with Gasteiger partial charge in [0.1, 0.15) is 0 Å². The molecule has 1 fully saturated rings. The lowest BCUT2D eigenvalue weighted by molar-refractivity contribution is 0.0532. The van der Waals surface area contributed by atoms with Gasteiger partial charge in [0, 0.05) is 23.2 Å². The minimum absolute atomic E-state index is 0.336. The van der Waals surface area contributed by atoms with E-state index in [9.17, 15) is 0 Å². The number of ether oxygens (including phenoxy) is 1. The van der Waals surface area contributed by atoms with E-state index in [0.29, 0.717) is 6.10 Å². The maximum Gasteiger partial charge on any atom is 0.0722 e. The van der Waals surface area contributed by atoms with E-state index in [4.69, 9.17) is 4.74 Å². The molecule has 1 atom stereocenters. The van der Waals surface area contributed by atoms with Gasteiger partial charge in [0.2, 0.25) is 0 Å². The van der Waals surface area contributed by atoms with Gasteiger partial charge in [-0.1, -0.05) is 22.0 Å². The normalized spacial score (nSPS) is 22.4. The molecule has 1 aliphatic rings. The van der Waals surface area contributed by atoms with Crippen LogP contribution in [-0.4, -0.2) is 25.8 Å². The molecule has 0 aliphatic carbocycles. The zero-order valence-corrected chi connectivity index (χ0v) is 9.83. The van der Waals surface area contributed by atoms with E-state index in [1.807, 2.05) is 6.07 Å². The molecule has 0 N–H and O–H groups in total. The lowest BCUT2D eigenvalue weighted by atomic mass is 10.2. The number of anilines is 1. The van der Waals surface area contributed by atoms with Crippen molar-refractivity contribution in [2.75, 3.05) is 24.6 Å². The number of rotatable bonds is 1. The lowest BCUT2D eigenvalue weighted by Gasteiger charge is -2.33. The van der Waals surface area contributed by atoms with E-state index in [-0.39, 0.29) is 0 Å². The van der Waals surface area contributed by atoms with Gasteiger partial charge in [-0.25, -0.2) is 0 Å². The Hall–Kier alpha value is -0.540. The first kappa shape index (κ1) is 9.99. The molecular weight excluding hydrogens is 242 g/mol. The summed E-state index contributed by atoms with van der Waals surface area (Å²) in [7, 11) is 0. The number of benzene rings is 1. The average Bonchev–Trinajstić information content (AvgIpc) is 2.18. The minimum Gasteiger partial charge on any atom is -0.375 e. The second-order valence-electron chi connectivity index (χ2n) is 3.61. The second-order valence-corrected chi connectivity index (χ2v) is 4.52. The summed E-state index contributed by atoms with van der Waals surface area (Å²) in [5.41, 5.74) is 1.27. The summed E-state index contributed by atoms with van der Waals surface area (Å²) >= 11 is 3.49. The zero-order valence-electron chi connectivity index (χ0n) is 8.24. The Balaban J connectivity index is 2.14. The highest BCUT2D eigenvalue weighted by molar-refractivity contribution is 9.10. The predicted molar refractivity (Wildman–Crippen MR) is 61.8 cm³/mol. The van der Waals surface area contributed by atoms with Crippen molar-refractivity contribution >= 4 is 21.6 Å². The Morgan fingerprint density at radius 3 is 3.07 bits per heavy atom. The highest BCUT2D eigenvalue weighted by Crippen LogP contribution is 2.21. The number of hydrogen-bond donors (Lipinski definition) is 0. The topological polar surface area (TPSA) is 12.5 Å². The molecule has 2 rings (SSSR count). The highest BCUT2D eigenvalue weighted by atomic mass is 79.9. The van der Waals surface area contributed by atoms with Crippen molar-refractivity contribution in [3.63, 3.8) is 0 Å². The fourth-order valence-electron chi connectivity index (χ4n) is 1.73. The smallest absolute Gasteiger partial charge is 0.0722 e. The van der Waals surface area contributed by atoms with Crippen molar-refractivity contribution in [3.8, 4) is 0 Å². The number of halogens is 1. The minimum atomic E-state index is 0.336. The third kappa shape index (κ3) is 2.28. The van der Waals surface area contributed by atoms with Crippen molar-refractivity contribution < 1.29 is 4.74 Å². The van der Waals surface area contributed by atoms with E-state index in [1.54, 1.807) is 0 Å². The van der Waals surface area contributed by atoms with Crippen LogP contribution in [0.3, 0.4) is 0 Å². The van der Waals surface area contributed by atoms with Crippen LogP contribution < -0.4 is 4.90 Å². The molecular formula is C11H14BrNO. The fourth-order valence-corrected chi connectivity index (χ4v) is 2.11. The van der Waals surface area contributed by atoms with Gasteiger partial charge >= 0.3 is 0 Å². The van der Waals surface area contributed by atoms with Gasteiger partial charge in [0.05, 0.1) is 12.7 Å². The lowest BCUT2D eigenvalue weighted by Crippen LogP contribution is -2.41. The summed E-state index contributed by atoms with van der Waals surface area (Å²) in [6.45, 7) is 4.91. The molecule has 0 spiro atoms. The summed E-state index contributed by atoms with van der Waals surface area (Å²) in [6.07, 6.45) is 0.336. The van der Waals surface area contributed by atoms with Crippen molar-refractivity contribution in [1.82, 2.24) is 0 Å². The largest absolute Gasteiger partial charge is 0.375 e. The summed E-state index contributed by atoms with van der Waals surface area (Å²) < 4.78 is 6.64. The fraction of sp³-hybridized carbons (Fsp3) is 0.455. The Morgan fingerprint density at radius 1 is 1.50 bits per heavy atom. The first-order valence-electron chi connectivity index (χ1n) is 4.88. The Kier molecular flexibility index (Phi) is 3.08. The van der Waals surface area contributed by atoms with E-state index >= 15 is 0 Å². The van der Waals surface area contributed by atoms with Crippen LogP contribution in [-0.2, 0) is 4.74 Å². The van der Waals surface area contributed by atoms with Crippen LogP contribution in [0.5, 0.6) is 0 Å². The first-order chi connectivity index (χ1) is 6.75. The highest BCUT2D eigenvalue weighted by Gasteiger charge is 2.16. The van der Waals surface area contributed by atoms with Crippen molar-refractivity contribution in [2.24, 2.45) is 0 Å². The molecule has 1 aromatic carbocycles. The molecule has 76 valence electrons. The molecule has 14 heavy (non-hydrogen) atoms. The van der Waals surface area contributed by atoms with Crippen LogP contribution in [0.15, 0.2) is 28.7 Å². The third-order valence-corrected chi connectivity index (χ3v) is 2.91. The summed E-state index contributed by atoms with van der Waals surface area (Å²) in [5, 5.41) is 0. The van der Waals surface area contributed by atoms with E-state index < -0.39 is 0 Å². The maximum absolute atomic E-state index is 5.51. The molecule has 0 saturated carbocycles. The van der Waals surface area contributed by atoms with Crippen molar-refractivity contribution in [3.05, 3.63) is 28.7 Å². The number of nitrogens with zero attached hydrogens (tertiary/aromatic N) is 1. The van der Waals surface area contributed by atoms with E-state index in [1.165, 1.54) is 5.69 Å². The molecule has 0 bridgehead atoms. The van der Waals surface area contributed by atoms with Crippen LogP contribution in [0.4, 0.5) is 5.69 Å². The molecule has 1 saturated heterocycles. The SMILES string of the molecule is C[C@H]1CN(c2cccc(Br)c2)CCO1.